The average molecular weight is 544 g/mol. The van der Waals surface area contributed by atoms with Crippen molar-refractivity contribution >= 4 is 53.4 Å². The van der Waals surface area contributed by atoms with Gasteiger partial charge in [-0.25, -0.2) is 9.97 Å². The smallest absolute Gasteiger partial charge is 0.160 e. The van der Waals surface area contributed by atoms with Crippen molar-refractivity contribution in [1.82, 2.24) is 14.5 Å². The van der Waals surface area contributed by atoms with E-state index in [2.05, 4.69) is 128 Å². The molecule has 0 saturated heterocycles. The van der Waals surface area contributed by atoms with E-state index in [0.717, 1.165) is 33.5 Å². The van der Waals surface area contributed by atoms with Gasteiger partial charge in [-0.2, -0.15) is 0 Å². The van der Waals surface area contributed by atoms with Gasteiger partial charge in [0, 0.05) is 37.4 Å². The van der Waals surface area contributed by atoms with Crippen LogP contribution in [0.3, 0.4) is 0 Å². The molecule has 3 aromatic heterocycles. The van der Waals surface area contributed by atoms with Crippen LogP contribution in [0.1, 0.15) is 25.0 Å². The van der Waals surface area contributed by atoms with Gasteiger partial charge in [0.15, 0.2) is 5.82 Å². The topological polar surface area (TPSA) is 30.7 Å². The molecule has 0 bridgehead atoms. The van der Waals surface area contributed by atoms with Crippen molar-refractivity contribution < 1.29 is 0 Å². The van der Waals surface area contributed by atoms with E-state index in [1.807, 2.05) is 17.4 Å². The molecular weight excluding hydrogens is 518 g/mol. The van der Waals surface area contributed by atoms with Gasteiger partial charge in [-0.15, -0.1) is 11.3 Å². The van der Waals surface area contributed by atoms with Crippen molar-refractivity contribution in [1.29, 1.82) is 0 Å². The molecule has 3 nitrogen and oxygen atoms in total. The summed E-state index contributed by atoms with van der Waals surface area (Å²) in [7, 11) is 0. The highest BCUT2D eigenvalue weighted by Crippen LogP contribution is 2.51. The summed E-state index contributed by atoms with van der Waals surface area (Å²) in [6.07, 6.45) is 0. The van der Waals surface area contributed by atoms with Crippen LogP contribution in [0.5, 0.6) is 0 Å². The number of rotatable bonds is 2. The molecule has 0 N–H and O–H groups in total. The van der Waals surface area contributed by atoms with E-state index in [1.165, 1.54) is 48.0 Å². The van der Waals surface area contributed by atoms with E-state index >= 15 is 0 Å². The summed E-state index contributed by atoms with van der Waals surface area (Å²) in [6, 6.07) is 41.2. The van der Waals surface area contributed by atoms with Gasteiger partial charge in [0.2, 0.25) is 0 Å². The van der Waals surface area contributed by atoms with Gasteiger partial charge in [0.25, 0.3) is 0 Å². The van der Waals surface area contributed by atoms with Gasteiger partial charge >= 0.3 is 0 Å². The lowest BCUT2D eigenvalue weighted by atomic mass is 9.74. The number of para-hydroxylation sites is 2. The predicted molar refractivity (Wildman–Crippen MR) is 172 cm³/mol. The number of hydrogen-bond donors (Lipinski definition) is 0. The summed E-state index contributed by atoms with van der Waals surface area (Å²) in [4.78, 5) is 10.2. The van der Waals surface area contributed by atoms with Gasteiger partial charge in [-0.05, 0) is 41.5 Å². The zero-order chi connectivity index (χ0) is 27.3. The highest BCUT2D eigenvalue weighted by atomic mass is 32.1. The van der Waals surface area contributed by atoms with Gasteiger partial charge < -0.3 is 4.57 Å². The van der Waals surface area contributed by atoms with E-state index in [-0.39, 0.29) is 5.41 Å². The van der Waals surface area contributed by atoms with Gasteiger partial charge in [-0.1, -0.05) is 98.8 Å². The van der Waals surface area contributed by atoms with Crippen LogP contribution in [-0.4, -0.2) is 14.5 Å². The predicted octanol–water partition coefficient (Wildman–Crippen LogP) is 9.91. The first-order chi connectivity index (χ1) is 20.1. The summed E-state index contributed by atoms with van der Waals surface area (Å²) in [6.45, 7) is 4.70. The minimum atomic E-state index is -0.184. The lowest BCUT2D eigenvalue weighted by molar-refractivity contribution is 0.630. The number of thiophene rings is 1. The lowest BCUT2D eigenvalue weighted by Gasteiger charge is -2.35. The minimum absolute atomic E-state index is 0.184. The molecule has 0 aliphatic carbocycles. The maximum Gasteiger partial charge on any atom is 0.160 e. The zero-order valence-electron chi connectivity index (χ0n) is 22.7. The monoisotopic (exact) mass is 543 g/mol. The standard InChI is InChI=1S/C37H25N3S/c1-37(2)27-16-10-15-26-33(27)40(34-25-14-7-9-18-31(25)41-35(26)34)30-20-19-23(21-28(30)37)36-38-29-17-8-6-13-24(29)32(39-36)22-11-4-3-5-12-22/h3-21H,1-2H3. The Morgan fingerprint density at radius 2 is 1.37 bits per heavy atom. The van der Waals surface area contributed by atoms with Crippen LogP contribution < -0.4 is 0 Å². The van der Waals surface area contributed by atoms with Gasteiger partial charge in [-0.3, -0.25) is 0 Å². The summed E-state index contributed by atoms with van der Waals surface area (Å²) in [5.41, 5.74) is 10.4. The van der Waals surface area contributed by atoms with E-state index in [0.29, 0.717) is 0 Å². The molecule has 194 valence electrons. The van der Waals surface area contributed by atoms with Crippen molar-refractivity contribution in [2.75, 3.05) is 0 Å². The summed E-state index contributed by atoms with van der Waals surface area (Å²) in [5, 5.41) is 3.72. The Morgan fingerprint density at radius 1 is 0.610 bits per heavy atom. The average Bonchev–Trinajstić information content (AvgIpc) is 3.55. The van der Waals surface area contributed by atoms with Crippen LogP contribution in [0.15, 0.2) is 115 Å². The first kappa shape index (κ1) is 23.0. The molecule has 1 aliphatic rings. The second-order valence-electron chi connectivity index (χ2n) is 11.4. The van der Waals surface area contributed by atoms with E-state index in [4.69, 9.17) is 9.97 Å². The number of nitrogens with zero attached hydrogens (tertiary/aromatic N) is 3. The Bertz CT molecular complexity index is 2340. The number of benzene rings is 5. The molecule has 0 unspecified atom stereocenters. The molecule has 0 saturated carbocycles. The molecule has 4 heteroatoms. The third-order valence-corrected chi connectivity index (χ3v) is 9.98. The molecule has 5 aromatic carbocycles. The molecule has 4 heterocycles. The molecule has 0 radical (unpaired) electrons. The van der Waals surface area contributed by atoms with E-state index in [9.17, 15) is 0 Å². The van der Waals surface area contributed by atoms with Crippen molar-refractivity contribution in [3.63, 3.8) is 0 Å². The fourth-order valence-corrected chi connectivity index (χ4v) is 8.01. The minimum Gasteiger partial charge on any atom is -0.307 e. The third-order valence-electron chi connectivity index (χ3n) is 8.79. The molecule has 1 aliphatic heterocycles. The largest absolute Gasteiger partial charge is 0.307 e. The Labute approximate surface area is 241 Å². The number of fused-ring (bicyclic) bond motifs is 8. The fourth-order valence-electron chi connectivity index (χ4n) is 6.80. The van der Waals surface area contributed by atoms with Crippen molar-refractivity contribution in [2.45, 2.75) is 19.3 Å². The lowest BCUT2D eigenvalue weighted by Crippen LogP contribution is -2.26. The maximum atomic E-state index is 5.18. The van der Waals surface area contributed by atoms with E-state index in [1.54, 1.807) is 0 Å². The van der Waals surface area contributed by atoms with Crippen LogP contribution in [0.25, 0.3) is 70.4 Å². The molecule has 8 aromatic rings. The molecule has 0 spiro atoms. The van der Waals surface area contributed by atoms with Gasteiger partial charge in [0.1, 0.15) is 0 Å². The van der Waals surface area contributed by atoms with Crippen molar-refractivity contribution in [3.8, 4) is 28.3 Å². The Balaban J connectivity index is 1.34. The molecule has 0 fully saturated rings. The summed E-state index contributed by atoms with van der Waals surface area (Å²) in [5.74, 6) is 0.754. The quantitative estimate of drug-likeness (QED) is 0.217. The second-order valence-corrected chi connectivity index (χ2v) is 12.5. The molecule has 0 amide bonds. The van der Waals surface area contributed by atoms with Crippen molar-refractivity contribution in [3.05, 3.63) is 126 Å². The third kappa shape index (κ3) is 3.08. The van der Waals surface area contributed by atoms with E-state index < -0.39 is 0 Å². The Kier molecular flexibility index (Phi) is 4.55. The number of hydrogen-bond acceptors (Lipinski definition) is 3. The SMILES string of the molecule is CC1(C)c2cc(-c3nc(-c4ccccc4)c4ccccc4n3)ccc2-n2c3c1cccc3c1sc3ccccc3c12. The second kappa shape index (κ2) is 8.12. The van der Waals surface area contributed by atoms with Gasteiger partial charge in [0.05, 0.1) is 32.6 Å². The molecule has 41 heavy (non-hydrogen) atoms. The zero-order valence-corrected chi connectivity index (χ0v) is 23.5. The first-order valence-electron chi connectivity index (χ1n) is 14.0. The Morgan fingerprint density at radius 3 is 2.24 bits per heavy atom. The molecular formula is C37H25N3S. The first-order valence-corrected chi connectivity index (χ1v) is 14.8. The normalized spacial score (nSPS) is 13.8. The van der Waals surface area contributed by atoms with Crippen LogP contribution in [-0.2, 0) is 5.41 Å². The van der Waals surface area contributed by atoms with Crippen LogP contribution >= 0.6 is 11.3 Å². The maximum absolute atomic E-state index is 5.18. The summed E-state index contributed by atoms with van der Waals surface area (Å²) >= 11 is 1.90. The molecule has 0 atom stereocenters. The number of aromatic nitrogens is 3. The van der Waals surface area contributed by atoms with Crippen LogP contribution in [0.2, 0.25) is 0 Å². The fraction of sp³-hybridized carbons (Fsp3) is 0.0811. The van der Waals surface area contributed by atoms with Crippen molar-refractivity contribution in [2.24, 2.45) is 0 Å². The molecule has 9 rings (SSSR count). The Hall–Kier alpha value is -4.80. The van der Waals surface area contributed by atoms with Crippen LogP contribution in [0, 0.1) is 0 Å². The summed E-state index contributed by atoms with van der Waals surface area (Å²) < 4.78 is 5.20. The highest BCUT2D eigenvalue weighted by Gasteiger charge is 2.36. The highest BCUT2D eigenvalue weighted by molar-refractivity contribution is 7.26. The van der Waals surface area contributed by atoms with Crippen LogP contribution in [0.4, 0.5) is 0 Å².